The first-order valence-electron chi connectivity index (χ1n) is 3.14. The number of hydrogen-bond donors (Lipinski definition) is 2. The van der Waals surface area contributed by atoms with Crippen molar-refractivity contribution in [1.29, 1.82) is 0 Å². The summed E-state index contributed by atoms with van der Waals surface area (Å²) in [7, 11) is 0. The molecule has 0 aromatic carbocycles. The van der Waals surface area contributed by atoms with Crippen molar-refractivity contribution in [2.24, 2.45) is 11.7 Å². The van der Waals surface area contributed by atoms with Gasteiger partial charge in [-0.15, -0.1) is 0 Å². The summed E-state index contributed by atoms with van der Waals surface area (Å²) < 4.78 is 0. The van der Waals surface area contributed by atoms with Crippen LogP contribution in [0.4, 0.5) is 0 Å². The van der Waals surface area contributed by atoms with Crippen molar-refractivity contribution in [3.05, 3.63) is 0 Å². The van der Waals surface area contributed by atoms with E-state index >= 15 is 0 Å². The highest BCUT2D eigenvalue weighted by molar-refractivity contribution is 9.10. The van der Waals surface area contributed by atoms with Crippen molar-refractivity contribution >= 4 is 21.9 Å². The van der Waals surface area contributed by atoms with E-state index in [0.29, 0.717) is 13.0 Å². The number of carboxylic acid groups (broad SMARTS) is 1. The van der Waals surface area contributed by atoms with Gasteiger partial charge in [-0.3, -0.25) is 4.79 Å². The summed E-state index contributed by atoms with van der Waals surface area (Å²) >= 11 is 3.03. The summed E-state index contributed by atoms with van der Waals surface area (Å²) in [4.78, 5) is 9.81. The van der Waals surface area contributed by atoms with Gasteiger partial charge < -0.3 is 10.8 Å². The molecule has 0 aromatic rings. The topological polar surface area (TPSA) is 63.3 Å². The molecule has 0 heterocycles. The standard InChI is InChI=1S/C6H12BrNO2/c1-4(3-8)2-5(7)6(9)10/h4-5H,2-3,8H2,1H3,(H,9,10). The molecule has 2 unspecified atom stereocenters. The van der Waals surface area contributed by atoms with Crippen molar-refractivity contribution in [3.63, 3.8) is 0 Å². The zero-order valence-electron chi connectivity index (χ0n) is 5.88. The Morgan fingerprint density at radius 1 is 1.80 bits per heavy atom. The van der Waals surface area contributed by atoms with Crippen LogP contribution in [0.15, 0.2) is 0 Å². The van der Waals surface area contributed by atoms with Crippen molar-refractivity contribution in [2.45, 2.75) is 18.2 Å². The third-order valence-corrected chi connectivity index (χ3v) is 2.05. The van der Waals surface area contributed by atoms with E-state index in [0.717, 1.165) is 0 Å². The Labute approximate surface area is 68.7 Å². The van der Waals surface area contributed by atoms with E-state index in [1.165, 1.54) is 0 Å². The molecule has 0 aliphatic rings. The second kappa shape index (κ2) is 4.68. The first-order chi connectivity index (χ1) is 4.57. The van der Waals surface area contributed by atoms with Gasteiger partial charge in [0.25, 0.3) is 0 Å². The predicted molar refractivity (Wildman–Crippen MR) is 43.2 cm³/mol. The van der Waals surface area contributed by atoms with E-state index in [2.05, 4.69) is 15.9 Å². The zero-order chi connectivity index (χ0) is 8.15. The van der Waals surface area contributed by atoms with Crippen LogP contribution >= 0.6 is 15.9 Å². The molecule has 0 saturated carbocycles. The van der Waals surface area contributed by atoms with Gasteiger partial charge in [0, 0.05) is 0 Å². The van der Waals surface area contributed by atoms with E-state index < -0.39 is 10.8 Å². The minimum Gasteiger partial charge on any atom is -0.480 e. The van der Waals surface area contributed by atoms with Gasteiger partial charge in [0.05, 0.1) is 0 Å². The van der Waals surface area contributed by atoms with Gasteiger partial charge in [0.2, 0.25) is 0 Å². The Hall–Kier alpha value is -0.0900. The first-order valence-corrected chi connectivity index (χ1v) is 4.06. The molecule has 0 aliphatic carbocycles. The molecule has 0 aliphatic heterocycles. The van der Waals surface area contributed by atoms with Crippen LogP contribution in [0.25, 0.3) is 0 Å². The number of aliphatic carboxylic acids is 1. The maximum absolute atomic E-state index is 10.3. The summed E-state index contributed by atoms with van der Waals surface area (Å²) in [5.74, 6) is -0.555. The van der Waals surface area contributed by atoms with Crippen molar-refractivity contribution in [1.82, 2.24) is 0 Å². The molecule has 0 radical (unpaired) electrons. The normalized spacial score (nSPS) is 16.3. The highest BCUT2D eigenvalue weighted by atomic mass is 79.9. The van der Waals surface area contributed by atoms with Gasteiger partial charge in [-0.1, -0.05) is 22.9 Å². The number of hydrogen-bond acceptors (Lipinski definition) is 2. The molecule has 0 saturated heterocycles. The number of alkyl halides is 1. The largest absolute Gasteiger partial charge is 0.480 e. The smallest absolute Gasteiger partial charge is 0.317 e. The van der Waals surface area contributed by atoms with Crippen LogP contribution in [0.2, 0.25) is 0 Å². The van der Waals surface area contributed by atoms with Crippen LogP contribution in [0.1, 0.15) is 13.3 Å². The van der Waals surface area contributed by atoms with Crippen LogP contribution < -0.4 is 5.73 Å². The Morgan fingerprint density at radius 2 is 2.30 bits per heavy atom. The molecule has 3 nitrogen and oxygen atoms in total. The average molecular weight is 210 g/mol. The van der Waals surface area contributed by atoms with Gasteiger partial charge in [0.1, 0.15) is 4.83 Å². The SMILES string of the molecule is CC(CN)CC(Br)C(=O)O. The average Bonchev–Trinajstić information content (AvgIpc) is 1.87. The second-order valence-corrected chi connectivity index (χ2v) is 3.49. The minimum atomic E-state index is -0.819. The molecule has 4 heteroatoms. The first kappa shape index (κ1) is 9.91. The fourth-order valence-corrected chi connectivity index (χ4v) is 1.19. The van der Waals surface area contributed by atoms with E-state index in [9.17, 15) is 4.79 Å². The Bertz CT molecular complexity index is 118. The van der Waals surface area contributed by atoms with Crippen molar-refractivity contribution in [2.75, 3.05) is 6.54 Å². The molecule has 0 amide bonds. The number of rotatable bonds is 4. The third kappa shape index (κ3) is 3.85. The number of carbonyl (C=O) groups is 1. The summed E-state index contributed by atoms with van der Waals surface area (Å²) in [6.45, 7) is 2.46. The summed E-state index contributed by atoms with van der Waals surface area (Å²) in [5.41, 5.74) is 5.31. The molecule has 3 N–H and O–H groups in total. The molecule has 60 valence electrons. The molecule has 0 rings (SSSR count). The summed E-state index contributed by atoms with van der Waals surface area (Å²) in [6.07, 6.45) is 0.589. The highest BCUT2D eigenvalue weighted by Crippen LogP contribution is 2.11. The highest BCUT2D eigenvalue weighted by Gasteiger charge is 2.15. The number of nitrogens with two attached hydrogens (primary N) is 1. The van der Waals surface area contributed by atoms with Gasteiger partial charge in [-0.2, -0.15) is 0 Å². The maximum atomic E-state index is 10.3. The van der Waals surface area contributed by atoms with Gasteiger partial charge in [-0.25, -0.2) is 0 Å². The number of halogens is 1. The van der Waals surface area contributed by atoms with Crippen LogP contribution in [-0.4, -0.2) is 22.4 Å². The van der Waals surface area contributed by atoms with E-state index in [-0.39, 0.29) is 5.92 Å². The van der Waals surface area contributed by atoms with Crippen LogP contribution in [0, 0.1) is 5.92 Å². The molecule has 0 fully saturated rings. The lowest BCUT2D eigenvalue weighted by atomic mass is 10.1. The molecule has 0 aromatic heterocycles. The predicted octanol–water partition coefficient (Wildman–Crippen LogP) is 0.819. The molecular formula is C6H12BrNO2. The number of carboxylic acids is 1. The molecule has 2 atom stereocenters. The van der Waals surface area contributed by atoms with E-state index in [1.807, 2.05) is 6.92 Å². The molecule has 10 heavy (non-hydrogen) atoms. The lowest BCUT2D eigenvalue weighted by Crippen LogP contribution is -2.20. The van der Waals surface area contributed by atoms with Crippen LogP contribution in [0.3, 0.4) is 0 Å². The van der Waals surface area contributed by atoms with Crippen molar-refractivity contribution < 1.29 is 9.90 Å². The molecule has 0 bridgehead atoms. The van der Waals surface area contributed by atoms with Crippen LogP contribution in [-0.2, 0) is 4.79 Å². The fourth-order valence-electron chi connectivity index (χ4n) is 0.550. The minimum absolute atomic E-state index is 0.264. The molecule has 0 spiro atoms. The Balaban J connectivity index is 3.56. The van der Waals surface area contributed by atoms with E-state index in [4.69, 9.17) is 10.8 Å². The Morgan fingerprint density at radius 3 is 2.60 bits per heavy atom. The summed E-state index contributed by atoms with van der Waals surface area (Å²) in [5, 5.41) is 8.44. The van der Waals surface area contributed by atoms with Gasteiger partial charge in [0.15, 0.2) is 0 Å². The van der Waals surface area contributed by atoms with Gasteiger partial charge in [-0.05, 0) is 18.9 Å². The third-order valence-electron chi connectivity index (χ3n) is 1.28. The quantitative estimate of drug-likeness (QED) is 0.675. The van der Waals surface area contributed by atoms with Crippen molar-refractivity contribution in [3.8, 4) is 0 Å². The van der Waals surface area contributed by atoms with Gasteiger partial charge >= 0.3 is 5.97 Å². The van der Waals surface area contributed by atoms with E-state index in [1.54, 1.807) is 0 Å². The second-order valence-electron chi connectivity index (χ2n) is 2.38. The lowest BCUT2D eigenvalue weighted by Gasteiger charge is -2.09. The molecular weight excluding hydrogens is 198 g/mol. The Kier molecular flexibility index (Phi) is 4.64. The van der Waals surface area contributed by atoms with Crippen LogP contribution in [0.5, 0.6) is 0 Å². The fraction of sp³-hybridized carbons (Fsp3) is 0.833. The monoisotopic (exact) mass is 209 g/mol. The lowest BCUT2D eigenvalue weighted by molar-refractivity contribution is -0.136. The maximum Gasteiger partial charge on any atom is 0.317 e. The zero-order valence-corrected chi connectivity index (χ0v) is 7.47. The summed E-state index contributed by atoms with van der Waals surface area (Å²) in [6, 6.07) is 0.